The second-order valence-electron chi connectivity index (χ2n) is 5.36. The van der Waals surface area contributed by atoms with Crippen LogP contribution in [0.15, 0.2) is 24.3 Å². The van der Waals surface area contributed by atoms with Crippen molar-refractivity contribution < 1.29 is 17.9 Å². The van der Waals surface area contributed by atoms with Crippen LogP contribution in [0.25, 0.3) is 0 Å². The molecule has 1 rings (SSSR count). The predicted octanol–water partition coefficient (Wildman–Crippen LogP) is 1.42. The summed E-state index contributed by atoms with van der Waals surface area (Å²) in [4.78, 5) is 11.8. The van der Waals surface area contributed by atoms with E-state index in [1.54, 1.807) is 7.11 Å². The van der Waals surface area contributed by atoms with E-state index in [1.165, 1.54) is 10.6 Å². The van der Waals surface area contributed by atoms with Gasteiger partial charge in [-0.3, -0.25) is 4.79 Å². The van der Waals surface area contributed by atoms with Gasteiger partial charge >= 0.3 is 0 Å². The molecule has 7 heteroatoms. The fraction of sp³-hybridized carbons (Fsp3) is 0.562. The van der Waals surface area contributed by atoms with Crippen LogP contribution in [-0.2, 0) is 21.2 Å². The van der Waals surface area contributed by atoms with Crippen molar-refractivity contribution in [3.63, 3.8) is 0 Å². The summed E-state index contributed by atoms with van der Waals surface area (Å²) >= 11 is 0. The second kappa shape index (κ2) is 9.52. The Kier molecular flexibility index (Phi) is 8.05. The van der Waals surface area contributed by atoms with Crippen molar-refractivity contribution in [1.82, 2.24) is 9.62 Å². The number of amides is 1. The Morgan fingerprint density at radius 1 is 1.30 bits per heavy atom. The molecule has 0 aliphatic heterocycles. The molecule has 0 aliphatic carbocycles. The maximum atomic E-state index is 11.8. The van der Waals surface area contributed by atoms with Gasteiger partial charge in [-0.05, 0) is 30.5 Å². The lowest BCUT2D eigenvalue weighted by Crippen LogP contribution is -2.35. The highest BCUT2D eigenvalue weighted by atomic mass is 32.2. The number of sulfonamides is 1. The zero-order valence-corrected chi connectivity index (χ0v) is 14.9. The summed E-state index contributed by atoms with van der Waals surface area (Å²) < 4.78 is 29.6. The zero-order valence-electron chi connectivity index (χ0n) is 14.0. The highest BCUT2D eigenvalue weighted by Crippen LogP contribution is 2.12. The van der Waals surface area contributed by atoms with E-state index in [0.717, 1.165) is 17.7 Å². The normalized spacial score (nSPS) is 11.5. The third-order valence-corrected chi connectivity index (χ3v) is 4.70. The number of rotatable bonds is 10. The van der Waals surface area contributed by atoms with Crippen molar-refractivity contribution in [2.45, 2.75) is 26.2 Å². The molecule has 0 radical (unpaired) electrons. The summed E-state index contributed by atoms with van der Waals surface area (Å²) in [7, 11) is -1.64. The summed E-state index contributed by atoms with van der Waals surface area (Å²) in [6.07, 6.45) is 2.77. The van der Waals surface area contributed by atoms with Crippen LogP contribution < -0.4 is 10.1 Å². The minimum atomic E-state index is -3.25. The Labute approximate surface area is 138 Å². The minimum absolute atomic E-state index is 0.141. The van der Waals surface area contributed by atoms with E-state index in [1.807, 2.05) is 31.2 Å². The van der Waals surface area contributed by atoms with Gasteiger partial charge in [-0.1, -0.05) is 19.1 Å². The highest BCUT2D eigenvalue weighted by Gasteiger charge is 2.16. The average Bonchev–Trinajstić information content (AvgIpc) is 2.50. The average molecular weight is 342 g/mol. The van der Waals surface area contributed by atoms with Crippen LogP contribution in [0.2, 0.25) is 0 Å². The molecule has 0 aromatic heterocycles. The predicted molar refractivity (Wildman–Crippen MR) is 91.0 cm³/mol. The number of nitrogens with zero attached hydrogens (tertiary/aromatic N) is 1. The van der Waals surface area contributed by atoms with E-state index in [2.05, 4.69) is 5.32 Å². The summed E-state index contributed by atoms with van der Waals surface area (Å²) in [6, 6.07) is 7.68. The fourth-order valence-electron chi connectivity index (χ4n) is 2.18. The van der Waals surface area contributed by atoms with Crippen LogP contribution in [-0.4, -0.2) is 51.6 Å². The van der Waals surface area contributed by atoms with Crippen LogP contribution in [0.1, 0.15) is 25.3 Å². The van der Waals surface area contributed by atoms with E-state index in [4.69, 9.17) is 4.74 Å². The molecule has 0 bridgehead atoms. The van der Waals surface area contributed by atoms with Gasteiger partial charge in [-0.25, -0.2) is 12.7 Å². The van der Waals surface area contributed by atoms with Crippen LogP contribution in [0, 0.1) is 0 Å². The molecule has 1 aromatic carbocycles. The van der Waals surface area contributed by atoms with Gasteiger partial charge in [-0.2, -0.15) is 0 Å². The molecule has 0 heterocycles. The Balaban J connectivity index is 2.36. The number of hydrogen-bond acceptors (Lipinski definition) is 4. The van der Waals surface area contributed by atoms with Crippen molar-refractivity contribution in [3.05, 3.63) is 29.8 Å². The van der Waals surface area contributed by atoms with E-state index in [0.29, 0.717) is 19.5 Å². The zero-order chi connectivity index (χ0) is 17.3. The van der Waals surface area contributed by atoms with E-state index < -0.39 is 10.0 Å². The van der Waals surface area contributed by atoms with E-state index >= 15 is 0 Å². The first-order valence-electron chi connectivity index (χ1n) is 7.71. The Morgan fingerprint density at radius 3 is 2.65 bits per heavy atom. The molecule has 0 atom stereocenters. The maximum Gasteiger partial charge on any atom is 0.221 e. The molecule has 1 aromatic rings. The molecule has 0 saturated heterocycles. The smallest absolute Gasteiger partial charge is 0.221 e. The molecule has 0 unspecified atom stereocenters. The SMILES string of the molecule is CCCN(CCC(=O)NCCc1cccc(OC)c1)S(C)(=O)=O. The van der Waals surface area contributed by atoms with Gasteiger partial charge in [0.1, 0.15) is 5.75 Å². The highest BCUT2D eigenvalue weighted by molar-refractivity contribution is 7.88. The van der Waals surface area contributed by atoms with Gasteiger partial charge in [0.15, 0.2) is 0 Å². The largest absolute Gasteiger partial charge is 0.497 e. The Morgan fingerprint density at radius 2 is 2.04 bits per heavy atom. The molecule has 1 amide bonds. The van der Waals surface area contributed by atoms with Crippen molar-refractivity contribution in [2.24, 2.45) is 0 Å². The van der Waals surface area contributed by atoms with Crippen molar-refractivity contribution in [1.29, 1.82) is 0 Å². The van der Waals surface area contributed by atoms with Gasteiger partial charge in [-0.15, -0.1) is 0 Å². The first-order valence-corrected chi connectivity index (χ1v) is 9.56. The Bertz CT molecular complexity index is 602. The molecule has 23 heavy (non-hydrogen) atoms. The fourth-order valence-corrected chi connectivity index (χ4v) is 3.12. The number of hydrogen-bond donors (Lipinski definition) is 1. The molecule has 0 aliphatic rings. The summed E-state index contributed by atoms with van der Waals surface area (Å²) in [6.45, 7) is 3.08. The Hall–Kier alpha value is -1.60. The van der Waals surface area contributed by atoms with Crippen molar-refractivity contribution in [2.75, 3.05) is 33.0 Å². The molecule has 0 saturated carbocycles. The number of nitrogens with one attached hydrogen (secondary N) is 1. The molecular formula is C16H26N2O4S. The molecule has 0 fully saturated rings. The number of carbonyl (C=O) groups is 1. The van der Waals surface area contributed by atoms with Crippen molar-refractivity contribution in [3.8, 4) is 5.75 Å². The second-order valence-corrected chi connectivity index (χ2v) is 7.35. The topological polar surface area (TPSA) is 75.7 Å². The maximum absolute atomic E-state index is 11.8. The molecule has 6 nitrogen and oxygen atoms in total. The number of carbonyl (C=O) groups excluding carboxylic acids is 1. The number of ether oxygens (including phenoxy) is 1. The first kappa shape index (κ1) is 19.4. The van der Waals surface area contributed by atoms with Crippen molar-refractivity contribution >= 4 is 15.9 Å². The van der Waals surface area contributed by atoms with Crippen LogP contribution in [0.3, 0.4) is 0 Å². The molecule has 130 valence electrons. The summed E-state index contributed by atoms with van der Waals surface area (Å²) in [5, 5.41) is 2.82. The van der Waals surface area contributed by atoms with Gasteiger partial charge in [0.2, 0.25) is 15.9 Å². The minimum Gasteiger partial charge on any atom is -0.497 e. The lowest BCUT2D eigenvalue weighted by Gasteiger charge is -2.18. The lowest BCUT2D eigenvalue weighted by molar-refractivity contribution is -0.121. The molecular weight excluding hydrogens is 316 g/mol. The van der Waals surface area contributed by atoms with Gasteiger partial charge in [0.25, 0.3) is 0 Å². The standard InChI is InChI=1S/C16H26N2O4S/c1-4-11-18(23(3,20)21)12-9-16(19)17-10-8-14-6-5-7-15(13-14)22-2/h5-7,13H,4,8-12H2,1-3H3,(H,17,19). The van der Waals surface area contributed by atoms with Gasteiger partial charge in [0, 0.05) is 26.1 Å². The number of benzene rings is 1. The monoisotopic (exact) mass is 342 g/mol. The third kappa shape index (κ3) is 7.47. The van der Waals surface area contributed by atoms with Gasteiger partial charge in [0.05, 0.1) is 13.4 Å². The van der Waals surface area contributed by atoms with Crippen LogP contribution >= 0.6 is 0 Å². The number of methoxy groups -OCH3 is 1. The summed E-state index contributed by atoms with van der Waals surface area (Å²) in [5.41, 5.74) is 1.08. The van der Waals surface area contributed by atoms with Gasteiger partial charge < -0.3 is 10.1 Å². The van der Waals surface area contributed by atoms with Crippen LogP contribution in [0.5, 0.6) is 5.75 Å². The third-order valence-electron chi connectivity index (χ3n) is 3.40. The molecule has 1 N–H and O–H groups in total. The lowest BCUT2D eigenvalue weighted by atomic mass is 10.1. The van der Waals surface area contributed by atoms with E-state index in [-0.39, 0.29) is 18.9 Å². The first-order chi connectivity index (χ1) is 10.9. The quantitative estimate of drug-likeness (QED) is 0.698. The molecule has 0 spiro atoms. The van der Waals surface area contributed by atoms with Crippen LogP contribution in [0.4, 0.5) is 0 Å². The van der Waals surface area contributed by atoms with E-state index in [9.17, 15) is 13.2 Å². The summed E-state index contributed by atoms with van der Waals surface area (Å²) in [5.74, 6) is 0.648.